The Morgan fingerprint density at radius 3 is 2.52 bits per heavy atom. The lowest BCUT2D eigenvalue weighted by Gasteiger charge is -2.16. The monoisotopic (exact) mass is 434 g/mol. The first-order valence-corrected chi connectivity index (χ1v) is 10.9. The number of thioether (sulfide) groups is 1. The summed E-state index contributed by atoms with van der Waals surface area (Å²) < 4.78 is 5.13. The first-order chi connectivity index (χ1) is 14.0. The Kier molecular flexibility index (Phi) is 9.35. The van der Waals surface area contributed by atoms with Crippen molar-refractivity contribution in [3.8, 4) is 5.75 Å². The zero-order valence-corrected chi connectivity index (χ0v) is 18.5. The number of halogens is 1. The standard InChI is InChI=1S/C22H27ClN2O3S/c1-4-6-10-21(26)24-15-8-7-9-17(13-15)29-20(5-2)22(27)25-16-11-12-19(28-3)18(23)14-16/h7-9,11-14,20H,4-6,10H2,1-3H3,(H,24,26)(H,25,27). The van der Waals surface area contributed by atoms with Crippen LogP contribution in [0.15, 0.2) is 47.4 Å². The average Bonchev–Trinajstić information content (AvgIpc) is 2.70. The van der Waals surface area contributed by atoms with Crippen LogP contribution in [0.2, 0.25) is 5.02 Å². The van der Waals surface area contributed by atoms with Gasteiger partial charge in [-0.25, -0.2) is 0 Å². The minimum absolute atomic E-state index is 0.00942. The molecule has 5 nitrogen and oxygen atoms in total. The van der Waals surface area contributed by atoms with Crippen molar-refractivity contribution in [1.82, 2.24) is 0 Å². The predicted octanol–water partition coefficient (Wildman–Crippen LogP) is 5.99. The number of ether oxygens (including phenoxy) is 1. The largest absolute Gasteiger partial charge is 0.495 e. The van der Waals surface area contributed by atoms with Crippen molar-refractivity contribution in [3.05, 3.63) is 47.5 Å². The molecule has 0 fully saturated rings. The van der Waals surface area contributed by atoms with E-state index >= 15 is 0 Å². The molecule has 2 aromatic rings. The molecule has 0 heterocycles. The number of rotatable bonds is 10. The summed E-state index contributed by atoms with van der Waals surface area (Å²) in [4.78, 5) is 25.6. The third-order valence-electron chi connectivity index (χ3n) is 4.24. The van der Waals surface area contributed by atoms with E-state index in [-0.39, 0.29) is 17.1 Å². The van der Waals surface area contributed by atoms with Crippen molar-refractivity contribution in [2.75, 3.05) is 17.7 Å². The smallest absolute Gasteiger partial charge is 0.237 e. The van der Waals surface area contributed by atoms with Crippen LogP contribution in [-0.2, 0) is 9.59 Å². The maximum Gasteiger partial charge on any atom is 0.237 e. The number of amides is 2. The Morgan fingerprint density at radius 1 is 1.10 bits per heavy atom. The Hall–Kier alpha value is -2.18. The SMILES string of the molecule is CCCCC(=O)Nc1cccc(SC(CC)C(=O)Nc2ccc(OC)c(Cl)c2)c1. The summed E-state index contributed by atoms with van der Waals surface area (Å²) in [5, 5.41) is 5.99. The van der Waals surface area contributed by atoms with E-state index in [9.17, 15) is 9.59 Å². The Morgan fingerprint density at radius 2 is 1.86 bits per heavy atom. The molecule has 0 aliphatic heterocycles. The van der Waals surface area contributed by atoms with E-state index in [0.29, 0.717) is 29.3 Å². The summed E-state index contributed by atoms with van der Waals surface area (Å²) in [7, 11) is 1.55. The zero-order valence-electron chi connectivity index (χ0n) is 17.0. The molecule has 2 rings (SSSR count). The fraction of sp³-hybridized carbons (Fsp3) is 0.364. The molecule has 29 heavy (non-hydrogen) atoms. The van der Waals surface area contributed by atoms with Gasteiger partial charge in [0, 0.05) is 22.7 Å². The summed E-state index contributed by atoms with van der Waals surface area (Å²) in [6.45, 7) is 4.02. The lowest BCUT2D eigenvalue weighted by atomic mass is 10.2. The predicted molar refractivity (Wildman–Crippen MR) is 121 cm³/mol. The number of carbonyl (C=O) groups excluding carboxylic acids is 2. The second-order valence-electron chi connectivity index (χ2n) is 6.53. The molecule has 2 N–H and O–H groups in total. The van der Waals surface area contributed by atoms with Crippen molar-refractivity contribution < 1.29 is 14.3 Å². The van der Waals surface area contributed by atoms with Gasteiger partial charge >= 0.3 is 0 Å². The van der Waals surface area contributed by atoms with Gasteiger partial charge in [0.2, 0.25) is 11.8 Å². The van der Waals surface area contributed by atoms with Crippen LogP contribution in [0, 0.1) is 0 Å². The van der Waals surface area contributed by atoms with Crippen LogP contribution >= 0.6 is 23.4 Å². The van der Waals surface area contributed by atoms with Gasteiger partial charge < -0.3 is 15.4 Å². The fourth-order valence-corrected chi connectivity index (χ4v) is 3.93. The van der Waals surface area contributed by atoms with Gasteiger partial charge in [0.1, 0.15) is 5.75 Å². The molecule has 0 aromatic heterocycles. The highest BCUT2D eigenvalue weighted by Gasteiger charge is 2.19. The molecule has 0 radical (unpaired) electrons. The molecule has 2 aromatic carbocycles. The van der Waals surface area contributed by atoms with Crippen LogP contribution in [0.25, 0.3) is 0 Å². The highest BCUT2D eigenvalue weighted by molar-refractivity contribution is 8.00. The fourth-order valence-electron chi connectivity index (χ4n) is 2.66. The molecule has 1 atom stereocenters. The van der Waals surface area contributed by atoms with Gasteiger partial charge in [0.25, 0.3) is 0 Å². The average molecular weight is 435 g/mol. The quantitative estimate of drug-likeness (QED) is 0.451. The lowest BCUT2D eigenvalue weighted by Crippen LogP contribution is -2.24. The molecule has 1 unspecified atom stereocenters. The van der Waals surface area contributed by atoms with Crippen LogP contribution in [0.4, 0.5) is 11.4 Å². The molecule has 0 bridgehead atoms. The maximum absolute atomic E-state index is 12.7. The van der Waals surface area contributed by atoms with Crippen LogP contribution in [-0.4, -0.2) is 24.2 Å². The molecular weight excluding hydrogens is 408 g/mol. The molecule has 0 saturated carbocycles. The van der Waals surface area contributed by atoms with Crippen LogP contribution < -0.4 is 15.4 Å². The molecule has 2 amide bonds. The molecule has 7 heteroatoms. The number of hydrogen-bond donors (Lipinski definition) is 2. The Bertz CT molecular complexity index is 845. The first-order valence-electron chi connectivity index (χ1n) is 9.67. The minimum atomic E-state index is -0.276. The number of carbonyl (C=O) groups is 2. The molecule has 0 spiro atoms. The van der Waals surface area contributed by atoms with Crippen molar-refractivity contribution in [2.45, 2.75) is 49.7 Å². The normalized spacial score (nSPS) is 11.6. The van der Waals surface area contributed by atoms with Crippen molar-refractivity contribution >= 4 is 46.6 Å². The topological polar surface area (TPSA) is 67.4 Å². The maximum atomic E-state index is 12.7. The summed E-state index contributed by atoms with van der Waals surface area (Å²) in [5.74, 6) is 0.468. The molecule has 0 aliphatic carbocycles. The first kappa shape index (κ1) is 23.1. The number of anilines is 2. The third kappa shape index (κ3) is 7.29. The summed E-state index contributed by atoms with van der Waals surface area (Å²) in [5.41, 5.74) is 1.37. The van der Waals surface area contributed by atoms with Crippen LogP contribution in [0.5, 0.6) is 5.75 Å². The van der Waals surface area contributed by atoms with Crippen LogP contribution in [0.1, 0.15) is 39.5 Å². The Labute approximate surface area is 181 Å². The van der Waals surface area contributed by atoms with E-state index in [1.165, 1.54) is 11.8 Å². The summed E-state index contributed by atoms with van der Waals surface area (Å²) in [6, 6.07) is 12.7. The van der Waals surface area contributed by atoms with Crippen molar-refractivity contribution in [2.24, 2.45) is 0 Å². The lowest BCUT2D eigenvalue weighted by molar-refractivity contribution is -0.116. The molecular formula is C22H27ClN2O3S. The van der Waals surface area contributed by atoms with Crippen LogP contribution in [0.3, 0.4) is 0 Å². The highest BCUT2D eigenvalue weighted by atomic mass is 35.5. The molecule has 0 aliphatic rings. The van der Waals surface area contributed by atoms with Gasteiger partial charge in [-0.05, 0) is 49.2 Å². The number of nitrogens with one attached hydrogen (secondary N) is 2. The van der Waals surface area contributed by atoms with E-state index in [2.05, 4.69) is 17.6 Å². The summed E-state index contributed by atoms with van der Waals surface area (Å²) in [6.07, 6.45) is 3.02. The van der Waals surface area contributed by atoms with Crippen molar-refractivity contribution in [1.29, 1.82) is 0 Å². The number of unbranched alkanes of at least 4 members (excludes halogenated alkanes) is 1. The van der Waals surface area contributed by atoms with E-state index in [0.717, 1.165) is 23.4 Å². The van der Waals surface area contributed by atoms with E-state index < -0.39 is 0 Å². The van der Waals surface area contributed by atoms with E-state index in [1.54, 1.807) is 25.3 Å². The van der Waals surface area contributed by atoms with E-state index in [1.807, 2.05) is 31.2 Å². The number of methoxy groups -OCH3 is 1. The van der Waals surface area contributed by atoms with Gasteiger partial charge in [0.05, 0.1) is 17.4 Å². The van der Waals surface area contributed by atoms with Gasteiger partial charge in [-0.2, -0.15) is 0 Å². The number of hydrogen-bond acceptors (Lipinski definition) is 4. The zero-order chi connectivity index (χ0) is 21.2. The highest BCUT2D eigenvalue weighted by Crippen LogP contribution is 2.30. The second kappa shape index (κ2) is 11.7. The third-order valence-corrected chi connectivity index (χ3v) is 5.89. The molecule has 0 saturated heterocycles. The van der Waals surface area contributed by atoms with Gasteiger partial charge in [-0.1, -0.05) is 37.9 Å². The molecule has 156 valence electrons. The second-order valence-corrected chi connectivity index (χ2v) is 8.22. The minimum Gasteiger partial charge on any atom is -0.495 e. The summed E-state index contributed by atoms with van der Waals surface area (Å²) >= 11 is 7.60. The number of benzene rings is 2. The van der Waals surface area contributed by atoms with Gasteiger partial charge in [0.15, 0.2) is 0 Å². The van der Waals surface area contributed by atoms with E-state index in [4.69, 9.17) is 16.3 Å². The van der Waals surface area contributed by atoms with Gasteiger partial charge in [-0.3, -0.25) is 9.59 Å². The van der Waals surface area contributed by atoms with Crippen molar-refractivity contribution in [3.63, 3.8) is 0 Å². The van der Waals surface area contributed by atoms with Gasteiger partial charge in [-0.15, -0.1) is 11.8 Å². The Balaban J connectivity index is 2.01.